The van der Waals surface area contributed by atoms with E-state index in [0.29, 0.717) is 12.2 Å². The highest BCUT2D eigenvalue weighted by Crippen LogP contribution is 2.17. The number of amides is 1. The Labute approximate surface area is 97.2 Å². The van der Waals surface area contributed by atoms with Crippen molar-refractivity contribution in [3.8, 4) is 0 Å². The van der Waals surface area contributed by atoms with Crippen LogP contribution in [0.3, 0.4) is 0 Å². The second-order valence-electron chi connectivity index (χ2n) is 3.60. The first-order valence-corrected chi connectivity index (χ1v) is 5.29. The molecule has 0 saturated carbocycles. The molecule has 0 aromatic carbocycles. The molecule has 1 aromatic rings. The third-order valence-corrected chi connectivity index (χ3v) is 2.27. The Bertz CT molecular complexity index is 346. The quantitative estimate of drug-likeness (QED) is 0.803. The SMILES string of the molecule is CCN(CC(F)(F)F)C(=O)CCc1ccco1. The Kier molecular flexibility index (Phi) is 4.60. The lowest BCUT2D eigenvalue weighted by Crippen LogP contribution is -2.38. The molecular weight excluding hydrogens is 235 g/mol. The summed E-state index contributed by atoms with van der Waals surface area (Å²) in [5, 5.41) is 0. The lowest BCUT2D eigenvalue weighted by molar-refractivity contribution is -0.160. The largest absolute Gasteiger partial charge is 0.469 e. The molecule has 0 aliphatic rings. The molecule has 0 unspecified atom stereocenters. The average molecular weight is 249 g/mol. The molecule has 0 aliphatic carbocycles. The number of halogens is 3. The van der Waals surface area contributed by atoms with Crippen molar-refractivity contribution in [2.75, 3.05) is 13.1 Å². The van der Waals surface area contributed by atoms with E-state index in [1.165, 1.54) is 13.2 Å². The molecule has 1 rings (SSSR count). The van der Waals surface area contributed by atoms with Crippen molar-refractivity contribution >= 4 is 5.91 Å². The third-order valence-electron chi connectivity index (χ3n) is 2.27. The molecule has 0 N–H and O–H groups in total. The number of carbonyl (C=O) groups excluding carboxylic acids is 1. The average Bonchev–Trinajstić information content (AvgIpc) is 2.74. The normalized spacial score (nSPS) is 11.5. The Morgan fingerprint density at radius 2 is 2.18 bits per heavy atom. The molecule has 3 nitrogen and oxygen atoms in total. The van der Waals surface area contributed by atoms with E-state index in [4.69, 9.17) is 4.42 Å². The number of hydrogen-bond acceptors (Lipinski definition) is 2. The summed E-state index contributed by atoms with van der Waals surface area (Å²) in [5.41, 5.74) is 0. The van der Waals surface area contributed by atoms with Gasteiger partial charge in [-0.25, -0.2) is 0 Å². The molecular formula is C11H14F3NO2. The van der Waals surface area contributed by atoms with Gasteiger partial charge in [0.25, 0.3) is 0 Å². The maximum Gasteiger partial charge on any atom is 0.406 e. The molecule has 0 saturated heterocycles. The predicted molar refractivity (Wildman–Crippen MR) is 55.3 cm³/mol. The molecule has 0 atom stereocenters. The lowest BCUT2D eigenvalue weighted by Gasteiger charge is -2.22. The van der Waals surface area contributed by atoms with Crippen LogP contribution in [0.15, 0.2) is 22.8 Å². The highest BCUT2D eigenvalue weighted by Gasteiger charge is 2.32. The smallest absolute Gasteiger partial charge is 0.406 e. The molecule has 1 aromatic heterocycles. The Hall–Kier alpha value is -1.46. The fraction of sp³-hybridized carbons (Fsp3) is 0.545. The van der Waals surface area contributed by atoms with E-state index in [-0.39, 0.29) is 13.0 Å². The molecule has 0 radical (unpaired) electrons. The molecule has 0 spiro atoms. The molecule has 0 aliphatic heterocycles. The number of furan rings is 1. The van der Waals surface area contributed by atoms with Crippen molar-refractivity contribution in [2.45, 2.75) is 25.9 Å². The van der Waals surface area contributed by atoms with Crippen LogP contribution < -0.4 is 0 Å². The molecule has 6 heteroatoms. The predicted octanol–water partition coefficient (Wildman–Crippen LogP) is 2.62. The van der Waals surface area contributed by atoms with Crippen molar-refractivity contribution in [3.63, 3.8) is 0 Å². The van der Waals surface area contributed by atoms with Crippen molar-refractivity contribution in [1.82, 2.24) is 4.90 Å². The van der Waals surface area contributed by atoms with E-state index < -0.39 is 18.6 Å². The first-order chi connectivity index (χ1) is 7.92. The lowest BCUT2D eigenvalue weighted by atomic mass is 10.2. The summed E-state index contributed by atoms with van der Waals surface area (Å²) in [7, 11) is 0. The van der Waals surface area contributed by atoms with Crippen molar-refractivity contribution < 1.29 is 22.4 Å². The van der Waals surface area contributed by atoms with E-state index in [0.717, 1.165) is 4.90 Å². The Morgan fingerprint density at radius 3 is 2.65 bits per heavy atom. The maximum absolute atomic E-state index is 12.2. The number of carbonyl (C=O) groups is 1. The first kappa shape index (κ1) is 13.6. The van der Waals surface area contributed by atoms with Crippen LogP contribution in [0.5, 0.6) is 0 Å². The number of hydrogen-bond donors (Lipinski definition) is 0. The van der Waals surface area contributed by atoms with Gasteiger partial charge in [0.05, 0.1) is 6.26 Å². The van der Waals surface area contributed by atoms with Gasteiger partial charge in [0.2, 0.25) is 5.91 Å². The Balaban J connectivity index is 2.44. The maximum atomic E-state index is 12.2. The number of rotatable bonds is 5. The molecule has 17 heavy (non-hydrogen) atoms. The standard InChI is InChI=1S/C11H14F3NO2/c1-2-15(8-11(12,13)14)10(16)6-5-9-4-3-7-17-9/h3-4,7H,2,5-6,8H2,1H3. The summed E-state index contributed by atoms with van der Waals surface area (Å²) in [6.45, 7) is 0.382. The number of aryl methyl sites for hydroxylation is 1. The van der Waals surface area contributed by atoms with Crippen LogP contribution in [-0.2, 0) is 11.2 Å². The van der Waals surface area contributed by atoms with E-state index >= 15 is 0 Å². The highest BCUT2D eigenvalue weighted by atomic mass is 19.4. The van der Waals surface area contributed by atoms with Crippen LogP contribution in [0.4, 0.5) is 13.2 Å². The minimum atomic E-state index is -4.35. The monoisotopic (exact) mass is 249 g/mol. The second-order valence-corrected chi connectivity index (χ2v) is 3.60. The number of nitrogens with zero attached hydrogens (tertiary/aromatic N) is 1. The zero-order valence-electron chi connectivity index (χ0n) is 9.46. The van der Waals surface area contributed by atoms with Crippen LogP contribution in [0.1, 0.15) is 19.1 Å². The van der Waals surface area contributed by atoms with Gasteiger partial charge in [0.1, 0.15) is 12.3 Å². The van der Waals surface area contributed by atoms with Crippen LogP contribution >= 0.6 is 0 Å². The third kappa shape index (κ3) is 4.93. The second kappa shape index (κ2) is 5.75. The van der Waals surface area contributed by atoms with Crippen LogP contribution in [0.25, 0.3) is 0 Å². The van der Waals surface area contributed by atoms with Gasteiger partial charge in [-0.15, -0.1) is 0 Å². The zero-order chi connectivity index (χ0) is 12.9. The molecule has 1 amide bonds. The van der Waals surface area contributed by atoms with Gasteiger partial charge in [0, 0.05) is 19.4 Å². The Morgan fingerprint density at radius 1 is 1.47 bits per heavy atom. The summed E-state index contributed by atoms with van der Waals surface area (Å²) in [6.07, 6.45) is -2.54. The van der Waals surface area contributed by atoms with E-state index in [1.54, 1.807) is 12.1 Å². The van der Waals surface area contributed by atoms with E-state index in [2.05, 4.69) is 0 Å². The van der Waals surface area contributed by atoms with Gasteiger partial charge in [-0.3, -0.25) is 4.79 Å². The molecule has 0 fully saturated rings. The van der Waals surface area contributed by atoms with Crippen molar-refractivity contribution in [3.05, 3.63) is 24.2 Å². The summed E-state index contributed by atoms with van der Waals surface area (Å²) < 4.78 is 41.5. The fourth-order valence-corrected chi connectivity index (χ4v) is 1.44. The number of alkyl halides is 3. The van der Waals surface area contributed by atoms with Crippen molar-refractivity contribution in [2.24, 2.45) is 0 Å². The fourth-order valence-electron chi connectivity index (χ4n) is 1.44. The van der Waals surface area contributed by atoms with Crippen molar-refractivity contribution in [1.29, 1.82) is 0 Å². The van der Waals surface area contributed by atoms with Gasteiger partial charge >= 0.3 is 6.18 Å². The van der Waals surface area contributed by atoms with Crippen LogP contribution in [0, 0.1) is 0 Å². The van der Waals surface area contributed by atoms with Crippen LogP contribution in [0.2, 0.25) is 0 Å². The molecule has 1 heterocycles. The molecule has 0 bridgehead atoms. The minimum absolute atomic E-state index is 0.0252. The topological polar surface area (TPSA) is 33.5 Å². The van der Waals surface area contributed by atoms with Gasteiger partial charge in [-0.05, 0) is 19.1 Å². The van der Waals surface area contributed by atoms with Gasteiger partial charge < -0.3 is 9.32 Å². The summed E-state index contributed by atoms with van der Waals surface area (Å²) in [6, 6.07) is 3.36. The van der Waals surface area contributed by atoms with E-state index in [9.17, 15) is 18.0 Å². The highest BCUT2D eigenvalue weighted by molar-refractivity contribution is 5.76. The summed E-state index contributed by atoms with van der Waals surface area (Å²) in [4.78, 5) is 12.3. The summed E-state index contributed by atoms with van der Waals surface area (Å²) in [5.74, 6) is 0.0858. The van der Waals surface area contributed by atoms with E-state index in [1.807, 2.05) is 0 Å². The first-order valence-electron chi connectivity index (χ1n) is 5.29. The van der Waals surface area contributed by atoms with Crippen LogP contribution in [-0.4, -0.2) is 30.1 Å². The zero-order valence-corrected chi connectivity index (χ0v) is 9.46. The summed E-state index contributed by atoms with van der Waals surface area (Å²) >= 11 is 0. The molecule has 96 valence electrons. The van der Waals surface area contributed by atoms with Gasteiger partial charge in [-0.1, -0.05) is 0 Å². The van der Waals surface area contributed by atoms with Gasteiger partial charge in [0.15, 0.2) is 0 Å². The minimum Gasteiger partial charge on any atom is -0.469 e. The van der Waals surface area contributed by atoms with Gasteiger partial charge in [-0.2, -0.15) is 13.2 Å².